The molecule has 0 bridgehead atoms. The maximum absolute atomic E-state index is 13.2. The third-order valence-corrected chi connectivity index (χ3v) is 7.84. The van der Waals surface area contributed by atoms with Gasteiger partial charge in [-0.2, -0.15) is 0 Å². The van der Waals surface area contributed by atoms with Gasteiger partial charge in [-0.15, -0.1) is 0 Å². The molecule has 0 unspecified atom stereocenters. The highest BCUT2D eigenvalue weighted by atomic mass is 32.2. The smallest absolute Gasteiger partial charge is 0.296 e. The van der Waals surface area contributed by atoms with Gasteiger partial charge in [0.1, 0.15) is 11.4 Å². The summed E-state index contributed by atoms with van der Waals surface area (Å²) < 4.78 is 31.6. The Kier molecular flexibility index (Phi) is 6.22. The Morgan fingerprint density at radius 3 is 2.38 bits per heavy atom. The van der Waals surface area contributed by atoms with E-state index in [9.17, 15) is 23.3 Å². The highest BCUT2D eigenvalue weighted by Crippen LogP contribution is 2.35. The van der Waals surface area contributed by atoms with E-state index in [1.165, 1.54) is 16.8 Å². The summed E-state index contributed by atoms with van der Waals surface area (Å²) in [6.45, 7) is 1.63. The third kappa shape index (κ3) is 4.18. The van der Waals surface area contributed by atoms with Gasteiger partial charge >= 0.3 is 0 Å². The molecule has 1 aliphatic rings. The second-order valence-electron chi connectivity index (χ2n) is 8.50. The maximum Gasteiger partial charge on any atom is 0.296 e. The molecule has 3 aromatic rings. The van der Waals surface area contributed by atoms with Gasteiger partial charge in [-0.25, -0.2) is 13.1 Å². The zero-order valence-electron chi connectivity index (χ0n) is 19.3. The number of anilines is 2. The van der Waals surface area contributed by atoms with Gasteiger partial charge in [-0.05, 0) is 44.0 Å². The second kappa shape index (κ2) is 8.98. The summed E-state index contributed by atoms with van der Waals surface area (Å²) in [6, 6.07) is 12.9. The van der Waals surface area contributed by atoms with Gasteiger partial charge in [0, 0.05) is 26.2 Å². The maximum atomic E-state index is 13.2. The van der Waals surface area contributed by atoms with Crippen molar-refractivity contribution in [2.24, 2.45) is 7.05 Å². The van der Waals surface area contributed by atoms with E-state index in [2.05, 4.69) is 4.72 Å². The number of nitrogens with one attached hydrogen (secondary N) is 1. The van der Waals surface area contributed by atoms with Crippen molar-refractivity contribution in [3.8, 4) is 5.69 Å². The molecule has 4 rings (SSSR count). The first-order chi connectivity index (χ1) is 16.1. The summed E-state index contributed by atoms with van der Waals surface area (Å²) in [4.78, 5) is 25.9. The summed E-state index contributed by atoms with van der Waals surface area (Å²) >= 11 is 0. The van der Waals surface area contributed by atoms with Crippen LogP contribution in [0.5, 0.6) is 0 Å². The number of para-hydroxylation sites is 1. The van der Waals surface area contributed by atoms with Crippen LogP contribution in [0.25, 0.3) is 5.69 Å². The van der Waals surface area contributed by atoms with Crippen molar-refractivity contribution >= 4 is 27.1 Å². The van der Waals surface area contributed by atoms with E-state index in [1.807, 2.05) is 11.0 Å². The molecule has 0 amide bonds. The molecule has 0 saturated heterocycles. The molecule has 0 spiro atoms. The number of nitro groups is 1. The lowest BCUT2D eigenvalue weighted by atomic mass is 10.1. The van der Waals surface area contributed by atoms with Crippen molar-refractivity contribution in [3.63, 3.8) is 0 Å². The number of sulfonamides is 1. The average molecular weight is 486 g/mol. The van der Waals surface area contributed by atoms with Crippen LogP contribution in [0.2, 0.25) is 0 Å². The first kappa shape index (κ1) is 23.6. The van der Waals surface area contributed by atoms with E-state index in [0.29, 0.717) is 17.1 Å². The Morgan fingerprint density at radius 1 is 1.12 bits per heavy atom. The number of hydrogen-bond acceptors (Lipinski definition) is 6. The molecule has 1 aromatic heterocycles. The first-order valence-electron chi connectivity index (χ1n) is 11.0. The minimum Gasteiger partial charge on any atom is -0.366 e. The monoisotopic (exact) mass is 485 g/mol. The Hall–Kier alpha value is -3.60. The van der Waals surface area contributed by atoms with Gasteiger partial charge in [-0.1, -0.05) is 31.0 Å². The number of nitrogens with zero attached hydrogens (tertiary/aromatic N) is 4. The molecule has 1 fully saturated rings. The largest absolute Gasteiger partial charge is 0.366 e. The van der Waals surface area contributed by atoms with E-state index in [1.54, 1.807) is 50.0 Å². The van der Waals surface area contributed by atoms with Gasteiger partial charge in [0.25, 0.3) is 21.3 Å². The minimum absolute atomic E-state index is 0.110. The normalized spacial score (nSPS) is 14.3. The van der Waals surface area contributed by atoms with Crippen molar-refractivity contribution < 1.29 is 13.3 Å². The predicted octanol–water partition coefficient (Wildman–Crippen LogP) is 3.57. The molecule has 1 saturated carbocycles. The number of hydrogen-bond donors (Lipinski definition) is 1. The average Bonchev–Trinajstić information content (AvgIpc) is 3.42. The Labute approximate surface area is 197 Å². The van der Waals surface area contributed by atoms with Crippen molar-refractivity contribution in [2.45, 2.75) is 43.5 Å². The highest BCUT2D eigenvalue weighted by Gasteiger charge is 2.29. The fourth-order valence-corrected chi connectivity index (χ4v) is 5.62. The molecular formula is C23H27N5O5S. The van der Waals surface area contributed by atoms with Crippen LogP contribution in [0.15, 0.2) is 58.2 Å². The first-order valence-corrected chi connectivity index (χ1v) is 12.5. The van der Waals surface area contributed by atoms with E-state index >= 15 is 0 Å². The van der Waals surface area contributed by atoms with Crippen LogP contribution in [0.3, 0.4) is 0 Å². The minimum atomic E-state index is -4.26. The van der Waals surface area contributed by atoms with E-state index in [0.717, 1.165) is 31.7 Å². The summed E-state index contributed by atoms with van der Waals surface area (Å²) in [7, 11) is -0.813. The van der Waals surface area contributed by atoms with Crippen LogP contribution in [-0.4, -0.2) is 35.8 Å². The Balaban J connectivity index is 1.71. The second-order valence-corrected chi connectivity index (χ2v) is 10.2. The molecule has 0 radical (unpaired) electrons. The molecule has 180 valence electrons. The van der Waals surface area contributed by atoms with Crippen LogP contribution in [0.4, 0.5) is 17.1 Å². The molecule has 1 heterocycles. The molecule has 0 atom stereocenters. The molecular weight excluding hydrogens is 458 g/mol. The topological polar surface area (TPSA) is 119 Å². The molecule has 10 nitrogen and oxygen atoms in total. The lowest BCUT2D eigenvalue weighted by Crippen LogP contribution is -2.29. The standard InChI is InChI=1S/C23H27N5O5S/c1-16-22(23(29)27(26(16)3)18-11-5-4-6-12-18)24-34(32,33)19-13-14-20(21(15-19)28(30)31)25(2)17-9-7-8-10-17/h4-6,11-15,17,24H,7-10H2,1-3H3. The molecule has 0 aliphatic heterocycles. The third-order valence-electron chi connectivity index (χ3n) is 6.50. The quantitative estimate of drug-likeness (QED) is 0.404. The fourth-order valence-electron chi connectivity index (χ4n) is 4.48. The van der Waals surface area contributed by atoms with Crippen LogP contribution in [-0.2, 0) is 17.1 Å². The lowest BCUT2D eigenvalue weighted by molar-refractivity contribution is -0.384. The zero-order chi connectivity index (χ0) is 24.6. The number of rotatable bonds is 7. The van der Waals surface area contributed by atoms with E-state index in [-0.39, 0.29) is 22.3 Å². The highest BCUT2D eigenvalue weighted by molar-refractivity contribution is 7.92. The van der Waals surface area contributed by atoms with Crippen molar-refractivity contribution in [1.29, 1.82) is 0 Å². The summed E-state index contributed by atoms with van der Waals surface area (Å²) in [5.74, 6) is 0. The summed E-state index contributed by atoms with van der Waals surface area (Å²) in [5.41, 5.74) is 0.424. The summed E-state index contributed by atoms with van der Waals surface area (Å²) in [6.07, 6.45) is 4.01. The lowest BCUT2D eigenvalue weighted by Gasteiger charge is -2.26. The van der Waals surface area contributed by atoms with Crippen molar-refractivity contribution in [1.82, 2.24) is 9.36 Å². The van der Waals surface area contributed by atoms with Crippen LogP contribution in [0.1, 0.15) is 31.4 Å². The van der Waals surface area contributed by atoms with E-state index in [4.69, 9.17) is 0 Å². The van der Waals surface area contributed by atoms with Gasteiger partial charge in [0.15, 0.2) is 0 Å². The van der Waals surface area contributed by atoms with Crippen LogP contribution < -0.4 is 15.2 Å². The van der Waals surface area contributed by atoms with Gasteiger partial charge in [0.2, 0.25) is 0 Å². The molecule has 11 heteroatoms. The number of nitro benzene ring substituents is 1. The SMILES string of the molecule is Cc1c(NS(=O)(=O)c2ccc(N(C)C3CCCC3)c([N+](=O)[O-])c2)c(=O)n(-c2ccccc2)n1C. The molecule has 1 N–H and O–H groups in total. The Bertz CT molecular complexity index is 1390. The van der Waals surface area contributed by atoms with E-state index < -0.39 is 20.5 Å². The van der Waals surface area contributed by atoms with Gasteiger partial charge < -0.3 is 4.90 Å². The number of aromatic nitrogens is 2. The van der Waals surface area contributed by atoms with Crippen LogP contribution >= 0.6 is 0 Å². The summed E-state index contributed by atoms with van der Waals surface area (Å²) in [5, 5.41) is 11.8. The van der Waals surface area contributed by atoms with Crippen molar-refractivity contribution in [2.75, 3.05) is 16.7 Å². The Morgan fingerprint density at radius 2 is 1.76 bits per heavy atom. The predicted molar refractivity (Wildman–Crippen MR) is 130 cm³/mol. The van der Waals surface area contributed by atoms with Crippen LogP contribution in [0, 0.1) is 17.0 Å². The molecule has 34 heavy (non-hydrogen) atoms. The van der Waals surface area contributed by atoms with Gasteiger partial charge in [0.05, 0.1) is 21.2 Å². The molecule has 1 aliphatic carbocycles. The zero-order valence-corrected chi connectivity index (χ0v) is 20.1. The number of benzene rings is 2. The van der Waals surface area contributed by atoms with Gasteiger partial charge in [-0.3, -0.25) is 24.3 Å². The fraction of sp³-hybridized carbons (Fsp3) is 0.348. The van der Waals surface area contributed by atoms with Crippen molar-refractivity contribution in [3.05, 3.63) is 74.7 Å². The molecule has 2 aromatic carbocycles.